The fraction of sp³-hybridized carbons (Fsp3) is 0.286. The summed E-state index contributed by atoms with van der Waals surface area (Å²) in [6, 6.07) is 13.7. The van der Waals surface area contributed by atoms with E-state index in [0.29, 0.717) is 12.1 Å². The van der Waals surface area contributed by atoms with Crippen molar-refractivity contribution in [2.24, 2.45) is 0 Å². The second-order valence-corrected chi connectivity index (χ2v) is 6.64. The molecule has 5 nitrogen and oxygen atoms in total. The lowest BCUT2D eigenvalue weighted by molar-refractivity contribution is 0.0938. The van der Waals surface area contributed by atoms with E-state index in [4.69, 9.17) is 4.74 Å². The van der Waals surface area contributed by atoms with E-state index in [1.165, 1.54) is 0 Å². The van der Waals surface area contributed by atoms with E-state index in [1.54, 1.807) is 0 Å². The average Bonchev–Trinajstić information content (AvgIpc) is 2.61. The Hall–Kier alpha value is -2.95. The molecule has 3 aromatic rings. The van der Waals surface area contributed by atoms with Crippen LogP contribution in [0.15, 0.2) is 42.5 Å². The molecule has 0 unspecified atom stereocenters. The Labute approximate surface area is 153 Å². The number of nitrogens with one attached hydrogen (secondary N) is 1. The number of hydrogen-bond donors (Lipinski definition) is 1. The molecule has 5 heteroatoms. The van der Waals surface area contributed by atoms with Gasteiger partial charge >= 0.3 is 0 Å². The largest absolute Gasteiger partial charge is 0.473 e. The fourth-order valence-electron chi connectivity index (χ4n) is 2.61. The molecule has 0 aliphatic carbocycles. The van der Waals surface area contributed by atoms with Crippen molar-refractivity contribution >= 4 is 16.9 Å². The Morgan fingerprint density at radius 1 is 1.04 bits per heavy atom. The monoisotopic (exact) mass is 349 g/mol. The molecule has 26 heavy (non-hydrogen) atoms. The third-order valence-electron chi connectivity index (χ3n) is 4.11. The Kier molecular flexibility index (Phi) is 5.16. The van der Waals surface area contributed by atoms with Gasteiger partial charge in [-0.2, -0.15) is 0 Å². The van der Waals surface area contributed by atoms with Crippen LogP contribution >= 0.6 is 0 Å². The van der Waals surface area contributed by atoms with Crippen molar-refractivity contribution in [3.63, 3.8) is 0 Å². The van der Waals surface area contributed by atoms with Crippen LogP contribution in [0.1, 0.15) is 41.0 Å². The van der Waals surface area contributed by atoms with Crippen LogP contribution in [0, 0.1) is 13.8 Å². The Morgan fingerprint density at radius 2 is 1.65 bits per heavy atom. The highest BCUT2D eigenvalue weighted by Crippen LogP contribution is 2.23. The van der Waals surface area contributed by atoms with Crippen molar-refractivity contribution in [2.45, 2.75) is 40.3 Å². The first-order chi connectivity index (χ1) is 12.4. The lowest BCUT2D eigenvalue weighted by atomic mass is 10.1. The second kappa shape index (κ2) is 7.52. The quantitative estimate of drug-likeness (QED) is 0.757. The minimum Gasteiger partial charge on any atom is -0.473 e. The maximum absolute atomic E-state index is 12.7. The van der Waals surface area contributed by atoms with Gasteiger partial charge in [0.25, 0.3) is 5.91 Å². The predicted molar refractivity (Wildman–Crippen MR) is 102 cm³/mol. The molecule has 1 aromatic heterocycles. The molecule has 1 amide bonds. The van der Waals surface area contributed by atoms with Gasteiger partial charge in [0.1, 0.15) is 0 Å². The molecule has 3 rings (SSSR count). The number of aromatic nitrogens is 2. The van der Waals surface area contributed by atoms with Gasteiger partial charge in [-0.1, -0.05) is 30.3 Å². The first-order valence-electron chi connectivity index (χ1n) is 8.72. The summed E-state index contributed by atoms with van der Waals surface area (Å²) in [5.41, 5.74) is 4.89. The number of rotatable bonds is 5. The Bertz CT molecular complexity index is 937. The standard InChI is InChI=1S/C21H23N3O2/c1-13(2)26-21-19(20(25)22-12-16-8-6-5-7-9-16)23-17-10-14(3)15(4)11-18(17)24-21/h5-11,13H,12H2,1-4H3,(H,22,25). The fourth-order valence-corrected chi connectivity index (χ4v) is 2.61. The summed E-state index contributed by atoms with van der Waals surface area (Å²) in [5, 5.41) is 2.90. The topological polar surface area (TPSA) is 64.1 Å². The van der Waals surface area contributed by atoms with Crippen molar-refractivity contribution in [3.05, 3.63) is 64.8 Å². The van der Waals surface area contributed by atoms with Crippen LogP contribution in [0.5, 0.6) is 5.88 Å². The maximum atomic E-state index is 12.7. The number of fused-ring (bicyclic) bond motifs is 1. The summed E-state index contributed by atoms with van der Waals surface area (Å²) in [4.78, 5) is 21.8. The third-order valence-corrected chi connectivity index (χ3v) is 4.11. The van der Waals surface area contributed by atoms with Gasteiger partial charge in [0.2, 0.25) is 5.88 Å². The Balaban J connectivity index is 1.95. The predicted octanol–water partition coefficient (Wildman–Crippen LogP) is 3.96. The first-order valence-corrected chi connectivity index (χ1v) is 8.72. The number of amides is 1. The van der Waals surface area contributed by atoms with Gasteiger partial charge in [-0.3, -0.25) is 4.79 Å². The smallest absolute Gasteiger partial charge is 0.275 e. The van der Waals surface area contributed by atoms with Crippen molar-refractivity contribution in [3.8, 4) is 5.88 Å². The van der Waals surface area contributed by atoms with E-state index in [-0.39, 0.29) is 23.6 Å². The molecule has 1 N–H and O–H groups in total. The van der Waals surface area contributed by atoms with E-state index in [0.717, 1.165) is 22.2 Å². The van der Waals surface area contributed by atoms with Gasteiger partial charge in [-0.25, -0.2) is 9.97 Å². The number of ether oxygens (including phenoxy) is 1. The van der Waals surface area contributed by atoms with Crippen LogP contribution < -0.4 is 10.1 Å². The third kappa shape index (κ3) is 3.99. The summed E-state index contributed by atoms with van der Waals surface area (Å²) in [6.45, 7) is 8.27. The molecule has 0 saturated heterocycles. The van der Waals surface area contributed by atoms with Crippen LogP contribution in [0.2, 0.25) is 0 Å². The van der Waals surface area contributed by atoms with Crippen molar-refractivity contribution < 1.29 is 9.53 Å². The normalized spacial score (nSPS) is 11.0. The van der Waals surface area contributed by atoms with E-state index in [9.17, 15) is 4.79 Å². The minimum atomic E-state index is -0.294. The summed E-state index contributed by atoms with van der Waals surface area (Å²) >= 11 is 0. The molecule has 0 bridgehead atoms. The highest BCUT2D eigenvalue weighted by atomic mass is 16.5. The second-order valence-electron chi connectivity index (χ2n) is 6.64. The number of benzene rings is 2. The minimum absolute atomic E-state index is 0.103. The van der Waals surface area contributed by atoms with Gasteiger partial charge in [0.05, 0.1) is 17.1 Å². The summed E-state index contributed by atoms with van der Waals surface area (Å²) < 4.78 is 5.76. The molecule has 1 heterocycles. The van der Waals surface area contributed by atoms with E-state index in [1.807, 2.05) is 70.2 Å². The maximum Gasteiger partial charge on any atom is 0.275 e. The van der Waals surface area contributed by atoms with Gasteiger partial charge in [-0.15, -0.1) is 0 Å². The number of carbonyl (C=O) groups is 1. The lowest BCUT2D eigenvalue weighted by Gasteiger charge is -2.14. The van der Waals surface area contributed by atoms with Gasteiger partial charge < -0.3 is 10.1 Å². The number of aryl methyl sites for hydroxylation is 2. The molecule has 0 aliphatic heterocycles. The van der Waals surface area contributed by atoms with Crippen LogP contribution in [0.25, 0.3) is 11.0 Å². The summed E-state index contributed by atoms with van der Waals surface area (Å²) in [6.07, 6.45) is -0.103. The molecule has 0 radical (unpaired) electrons. The lowest BCUT2D eigenvalue weighted by Crippen LogP contribution is -2.25. The number of carbonyl (C=O) groups excluding carboxylic acids is 1. The molecule has 134 valence electrons. The number of nitrogens with zero attached hydrogens (tertiary/aromatic N) is 2. The highest BCUT2D eigenvalue weighted by molar-refractivity contribution is 5.96. The SMILES string of the molecule is Cc1cc2nc(OC(C)C)c(C(=O)NCc3ccccc3)nc2cc1C. The zero-order valence-corrected chi connectivity index (χ0v) is 15.5. The van der Waals surface area contributed by atoms with Gasteiger partial charge in [0, 0.05) is 6.54 Å². The van der Waals surface area contributed by atoms with Crippen LogP contribution in [-0.2, 0) is 6.54 Å². The van der Waals surface area contributed by atoms with Gasteiger partial charge in [0.15, 0.2) is 5.69 Å². The summed E-state index contributed by atoms with van der Waals surface area (Å²) in [7, 11) is 0. The zero-order valence-electron chi connectivity index (χ0n) is 15.5. The molecule has 2 aromatic carbocycles. The van der Waals surface area contributed by atoms with Crippen LogP contribution in [0.3, 0.4) is 0 Å². The van der Waals surface area contributed by atoms with E-state index < -0.39 is 0 Å². The van der Waals surface area contributed by atoms with Crippen molar-refractivity contribution in [1.82, 2.24) is 15.3 Å². The first kappa shape index (κ1) is 17.9. The zero-order chi connectivity index (χ0) is 18.7. The van der Waals surface area contributed by atoms with Gasteiger partial charge in [-0.05, 0) is 56.5 Å². The molecule has 0 fully saturated rings. The summed E-state index contributed by atoms with van der Waals surface area (Å²) in [5.74, 6) is -0.0292. The average molecular weight is 349 g/mol. The molecule has 0 atom stereocenters. The Morgan fingerprint density at radius 3 is 2.27 bits per heavy atom. The van der Waals surface area contributed by atoms with Crippen molar-refractivity contribution in [2.75, 3.05) is 0 Å². The molecule has 0 aliphatic rings. The number of hydrogen-bond acceptors (Lipinski definition) is 4. The van der Waals surface area contributed by atoms with Crippen LogP contribution in [0.4, 0.5) is 0 Å². The molecule has 0 spiro atoms. The highest BCUT2D eigenvalue weighted by Gasteiger charge is 2.19. The van der Waals surface area contributed by atoms with E-state index >= 15 is 0 Å². The van der Waals surface area contributed by atoms with E-state index in [2.05, 4.69) is 15.3 Å². The van der Waals surface area contributed by atoms with Crippen molar-refractivity contribution in [1.29, 1.82) is 0 Å². The molecule has 0 saturated carbocycles. The molecular formula is C21H23N3O2. The molecular weight excluding hydrogens is 326 g/mol. The van der Waals surface area contributed by atoms with Crippen LogP contribution in [-0.4, -0.2) is 22.0 Å².